The summed E-state index contributed by atoms with van der Waals surface area (Å²) in [5.74, 6) is 1.10. The van der Waals surface area contributed by atoms with Crippen molar-refractivity contribution >= 4 is 26.0 Å². The molecule has 5 heteroatoms. The van der Waals surface area contributed by atoms with Gasteiger partial charge in [0.05, 0.1) is 4.90 Å². The van der Waals surface area contributed by atoms with Gasteiger partial charge in [-0.15, -0.1) is 0 Å². The summed E-state index contributed by atoms with van der Waals surface area (Å²) in [6, 6.07) is 6.72. The van der Waals surface area contributed by atoms with Gasteiger partial charge in [-0.2, -0.15) is 0 Å². The Bertz CT molecular complexity index is 498. The lowest BCUT2D eigenvalue weighted by atomic mass is 9.99. The number of benzene rings is 1. The Balaban J connectivity index is 2.01. The van der Waals surface area contributed by atoms with Gasteiger partial charge in [0.15, 0.2) is 0 Å². The molecule has 0 spiro atoms. The van der Waals surface area contributed by atoms with Gasteiger partial charge in [0, 0.05) is 11.0 Å². The van der Waals surface area contributed by atoms with Crippen molar-refractivity contribution in [2.45, 2.75) is 31.1 Å². The van der Waals surface area contributed by atoms with Crippen molar-refractivity contribution in [2.75, 3.05) is 6.54 Å². The lowest BCUT2D eigenvalue weighted by molar-refractivity contribution is 0.414. The van der Waals surface area contributed by atoms with Crippen LogP contribution in [0.5, 0.6) is 0 Å². The van der Waals surface area contributed by atoms with Gasteiger partial charge in [-0.25, -0.2) is 13.1 Å². The Morgan fingerprint density at radius 1 is 1.28 bits per heavy atom. The van der Waals surface area contributed by atoms with Gasteiger partial charge >= 0.3 is 0 Å². The molecule has 1 aliphatic carbocycles. The van der Waals surface area contributed by atoms with Crippen LogP contribution in [0.25, 0.3) is 0 Å². The maximum Gasteiger partial charge on any atom is 0.240 e. The second-order valence-corrected chi connectivity index (χ2v) is 7.66. The third-order valence-corrected chi connectivity index (χ3v) is 5.67. The predicted molar refractivity (Wildman–Crippen MR) is 75.8 cm³/mol. The standard InChI is InChI=1S/C13H18BrNO2S/c1-10-3-2-4-11(10)9-15-18(16,17)13-7-5-12(14)6-8-13/h5-8,10-11,15H,2-4,9H2,1H3. The summed E-state index contributed by atoms with van der Waals surface area (Å²) in [6.07, 6.45) is 3.56. The first-order valence-electron chi connectivity index (χ1n) is 6.24. The fourth-order valence-corrected chi connectivity index (χ4v) is 3.80. The van der Waals surface area contributed by atoms with Crippen LogP contribution in [-0.2, 0) is 10.0 Å². The van der Waals surface area contributed by atoms with E-state index in [0.717, 1.165) is 10.9 Å². The third kappa shape index (κ3) is 3.33. The fraction of sp³-hybridized carbons (Fsp3) is 0.538. The first-order chi connectivity index (χ1) is 8.49. The average molecular weight is 332 g/mol. The number of hydrogen-bond acceptors (Lipinski definition) is 2. The van der Waals surface area contributed by atoms with E-state index in [9.17, 15) is 8.42 Å². The molecular weight excluding hydrogens is 314 g/mol. The highest BCUT2D eigenvalue weighted by Gasteiger charge is 2.25. The monoisotopic (exact) mass is 331 g/mol. The lowest BCUT2D eigenvalue weighted by Crippen LogP contribution is -2.30. The van der Waals surface area contributed by atoms with Crippen LogP contribution in [0.15, 0.2) is 33.6 Å². The zero-order chi connectivity index (χ0) is 13.2. The molecule has 1 aromatic rings. The Morgan fingerprint density at radius 2 is 1.94 bits per heavy atom. The molecule has 0 radical (unpaired) electrons. The van der Waals surface area contributed by atoms with E-state index >= 15 is 0 Å². The summed E-state index contributed by atoms with van der Waals surface area (Å²) >= 11 is 3.30. The average Bonchev–Trinajstić information content (AvgIpc) is 2.73. The smallest absolute Gasteiger partial charge is 0.211 e. The number of hydrogen-bond donors (Lipinski definition) is 1. The second-order valence-electron chi connectivity index (χ2n) is 4.97. The first kappa shape index (κ1) is 14.0. The van der Waals surface area contributed by atoms with Crippen LogP contribution in [0.2, 0.25) is 0 Å². The highest BCUT2D eigenvalue weighted by Crippen LogP contribution is 2.30. The van der Waals surface area contributed by atoms with Gasteiger partial charge in [0.2, 0.25) is 10.0 Å². The molecule has 0 aromatic heterocycles. The fourth-order valence-electron chi connectivity index (χ4n) is 2.44. The van der Waals surface area contributed by atoms with Crippen LogP contribution < -0.4 is 4.72 Å². The summed E-state index contributed by atoms with van der Waals surface area (Å²) in [7, 11) is -3.36. The molecule has 100 valence electrons. The predicted octanol–water partition coefficient (Wildman–Crippen LogP) is 3.16. The molecule has 1 saturated carbocycles. The molecule has 1 N–H and O–H groups in total. The molecule has 1 aliphatic rings. The SMILES string of the molecule is CC1CCCC1CNS(=O)(=O)c1ccc(Br)cc1. The van der Waals surface area contributed by atoms with Crippen molar-refractivity contribution in [1.29, 1.82) is 0 Å². The minimum absolute atomic E-state index is 0.330. The van der Waals surface area contributed by atoms with Gasteiger partial charge in [-0.1, -0.05) is 35.7 Å². The molecule has 1 fully saturated rings. The number of sulfonamides is 1. The van der Waals surface area contributed by atoms with E-state index in [-0.39, 0.29) is 0 Å². The van der Waals surface area contributed by atoms with Gasteiger partial charge in [-0.05, 0) is 42.5 Å². The molecule has 1 aromatic carbocycles. The van der Waals surface area contributed by atoms with Crippen molar-refractivity contribution in [3.05, 3.63) is 28.7 Å². The number of nitrogens with one attached hydrogen (secondary N) is 1. The van der Waals surface area contributed by atoms with E-state index in [1.165, 1.54) is 12.8 Å². The topological polar surface area (TPSA) is 46.2 Å². The van der Waals surface area contributed by atoms with Crippen LogP contribution in [0, 0.1) is 11.8 Å². The Labute approximate surface area is 117 Å². The van der Waals surface area contributed by atoms with Crippen LogP contribution in [0.1, 0.15) is 26.2 Å². The van der Waals surface area contributed by atoms with Crippen molar-refractivity contribution in [2.24, 2.45) is 11.8 Å². The highest BCUT2D eigenvalue weighted by atomic mass is 79.9. The number of rotatable bonds is 4. The molecule has 2 unspecified atom stereocenters. The van der Waals surface area contributed by atoms with Gasteiger partial charge in [0.1, 0.15) is 0 Å². The lowest BCUT2D eigenvalue weighted by Gasteiger charge is -2.16. The molecule has 3 nitrogen and oxygen atoms in total. The molecule has 2 atom stereocenters. The van der Waals surface area contributed by atoms with Crippen molar-refractivity contribution in [3.8, 4) is 0 Å². The van der Waals surface area contributed by atoms with E-state index in [0.29, 0.717) is 23.3 Å². The first-order valence-corrected chi connectivity index (χ1v) is 8.52. The summed E-state index contributed by atoms with van der Waals surface area (Å²) in [4.78, 5) is 0.330. The Morgan fingerprint density at radius 3 is 2.50 bits per heavy atom. The minimum Gasteiger partial charge on any atom is -0.211 e. The Kier molecular flexibility index (Phi) is 4.45. The molecule has 0 saturated heterocycles. The third-order valence-electron chi connectivity index (χ3n) is 3.70. The van der Waals surface area contributed by atoms with Gasteiger partial charge < -0.3 is 0 Å². The van der Waals surface area contributed by atoms with E-state index in [1.54, 1.807) is 24.3 Å². The normalized spacial score (nSPS) is 24.3. The molecule has 0 heterocycles. The van der Waals surface area contributed by atoms with Gasteiger partial charge in [0.25, 0.3) is 0 Å². The molecule has 2 rings (SSSR count). The molecule has 0 aliphatic heterocycles. The highest BCUT2D eigenvalue weighted by molar-refractivity contribution is 9.10. The summed E-state index contributed by atoms with van der Waals surface area (Å²) in [5, 5.41) is 0. The van der Waals surface area contributed by atoms with Crippen molar-refractivity contribution < 1.29 is 8.42 Å². The quantitative estimate of drug-likeness (QED) is 0.921. The summed E-state index contributed by atoms with van der Waals surface area (Å²) in [6.45, 7) is 2.76. The van der Waals surface area contributed by atoms with Crippen LogP contribution in [0.3, 0.4) is 0 Å². The maximum atomic E-state index is 12.1. The number of halogens is 1. The summed E-state index contributed by atoms with van der Waals surface area (Å²) < 4.78 is 27.8. The van der Waals surface area contributed by atoms with E-state index in [1.807, 2.05) is 0 Å². The van der Waals surface area contributed by atoms with Crippen LogP contribution in [0.4, 0.5) is 0 Å². The van der Waals surface area contributed by atoms with Crippen molar-refractivity contribution in [3.63, 3.8) is 0 Å². The van der Waals surface area contributed by atoms with Crippen LogP contribution in [-0.4, -0.2) is 15.0 Å². The molecular formula is C13H18BrNO2S. The minimum atomic E-state index is -3.36. The molecule has 18 heavy (non-hydrogen) atoms. The zero-order valence-corrected chi connectivity index (χ0v) is 12.8. The van der Waals surface area contributed by atoms with E-state index < -0.39 is 10.0 Å². The maximum absolute atomic E-state index is 12.1. The summed E-state index contributed by atoms with van der Waals surface area (Å²) in [5.41, 5.74) is 0. The molecule has 0 amide bonds. The van der Waals surface area contributed by atoms with Gasteiger partial charge in [-0.3, -0.25) is 0 Å². The Hall–Kier alpha value is -0.390. The zero-order valence-electron chi connectivity index (χ0n) is 10.4. The molecule has 0 bridgehead atoms. The van der Waals surface area contributed by atoms with E-state index in [2.05, 4.69) is 27.6 Å². The van der Waals surface area contributed by atoms with Crippen molar-refractivity contribution in [1.82, 2.24) is 4.72 Å². The largest absolute Gasteiger partial charge is 0.240 e. The van der Waals surface area contributed by atoms with Crippen LogP contribution >= 0.6 is 15.9 Å². The second kappa shape index (κ2) is 5.72. The van der Waals surface area contributed by atoms with E-state index in [4.69, 9.17) is 0 Å².